The Hall–Kier alpha value is -1.49. The summed E-state index contributed by atoms with van der Waals surface area (Å²) in [5, 5.41) is 3.06. The van der Waals surface area contributed by atoms with E-state index >= 15 is 0 Å². The fraction of sp³-hybridized carbons (Fsp3) is 0.250. The van der Waals surface area contributed by atoms with Crippen LogP contribution in [0.1, 0.15) is 12.6 Å². The highest BCUT2D eigenvalue weighted by Gasteiger charge is 2.11. The first kappa shape index (κ1) is 12.0. The van der Waals surface area contributed by atoms with Gasteiger partial charge in [0.15, 0.2) is 5.82 Å². The summed E-state index contributed by atoms with van der Waals surface area (Å²) < 4.78 is 0.926. The van der Waals surface area contributed by atoms with E-state index < -0.39 is 0 Å². The number of pyridine rings is 1. The monoisotopic (exact) mass is 292 g/mol. The summed E-state index contributed by atoms with van der Waals surface area (Å²) in [7, 11) is 1.85. The number of aromatic nitrogens is 3. The molecule has 17 heavy (non-hydrogen) atoms. The molecular formula is C12H13BrN4. The van der Waals surface area contributed by atoms with E-state index in [1.165, 1.54) is 0 Å². The Labute approximate surface area is 109 Å². The molecule has 0 amide bonds. The molecule has 0 radical (unpaired) electrons. The van der Waals surface area contributed by atoms with Crippen molar-refractivity contribution in [1.29, 1.82) is 0 Å². The lowest BCUT2D eigenvalue weighted by atomic mass is 10.2. The molecule has 2 aromatic rings. The van der Waals surface area contributed by atoms with E-state index in [1.807, 2.05) is 19.2 Å². The van der Waals surface area contributed by atoms with E-state index in [0.717, 1.165) is 28.0 Å². The maximum absolute atomic E-state index is 4.53. The number of hydrogen-bond donors (Lipinski definition) is 1. The summed E-state index contributed by atoms with van der Waals surface area (Å²) in [4.78, 5) is 13.1. The molecule has 88 valence electrons. The summed E-state index contributed by atoms with van der Waals surface area (Å²) in [6.07, 6.45) is 4.36. The molecule has 0 aliphatic carbocycles. The summed E-state index contributed by atoms with van der Waals surface area (Å²) >= 11 is 3.51. The van der Waals surface area contributed by atoms with E-state index in [9.17, 15) is 0 Å². The molecule has 0 aliphatic rings. The van der Waals surface area contributed by atoms with Crippen molar-refractivity contribution in [3.05, 3.63) is 34.7 Å². The summed E-state index contributed by atoms with van der Waals surface area (Å²) in [5.74, 6) is 1.50. The minimum absolute atomic E-state index is 0.697. The van der Waals surface area contributed by atoms with Crippen LogP contribution in [0, 0.1) is 0 Å². The predicted octanol–water partition coefficient (Wildman–Crippen LogP) is 2.91. The molecule has 0 atom stereocenters. The van der Waals surface area contributed by atoms with Gasteiger partial charge in [0.1, 0.15) is 5.82 Å². The van der Waals surface area contributed by atoms with Crippen molar-refractivity contribution in [3.63, 3.8) is 0 Å². The number of rotatable bonds is 3. The largest absolute Gasteiger partial charge is 0.372 e. The second-order valence-electron chi connectivity index (χ2n) is 3.50. The molecule has 0 bridgehead atoms. The van der Waals surface area contributed by atoms with Crippen LogP contribution in [0.3, 0.4) is 0 Å². The lowest BCUT2D eigenvalue weighted by molar-refractivity contribution is 0.990. The molecule has 1 N–H and O–H groups in total. The maximum Gasteiger partial charge on any atom is 0.163 e. The molecule has 0 saturated carbocycles. The number of nitrogens with zero attached hydrogens (tertiary/aromatic N) is 3. The Bertz CT molecular complexity index is 488. The van der Waals surface area contributed by atoms with E-state index in [-0.39, 0.29) is 0 Å². The molecule has 2 rings (SSSR count). The Morgan fingerprint density at radius 1 is 1.35 bits per heavy atom. The fourth-order valence-corrected chi connectivity index (χ4v) is 2.17. The molecule has 0 spiro atoms. The van der Waals surface area contributed by atoms with Gasteiger partial charge >= 0.3 is 0 Å². The Morgan fingerprint density at radius 3 is 2.76 bits per heavy atom. The fourth-order valence-electron chi connectivity index (χ4n) is 1.52. The van der Waals surface area contributed by atoms with Gasteiger partial charge in [-0.1, -0.05) is 6.92 Å². The van der Waals surface area contributed by atoms with Crippen LogP contribution >= 0.6 is 15.9 Å². The third kappa shape index (κ3) is 2.44. The number of hydrogen-bond acceptors (Lipinski definition) is 4. The van der Waals surface area contributed by atoms with Crippen LogP contribution < -0.4 is 5.32 Å². The molecule has 4 nitrogen and oxygen atoms in total. The molecule has 0 unspecified atom stereocenters. The zero-order valence-corrected chi connectivity index (χ0v) is 11.3. The van der Waals surface area contributed by atoms with Crippen molar-refractivity contribution in [2.24, 2.45) is 0 Å². The first-order valence-electron chi connectivity index (χ1n) is 5.40. The van der Waals surface area contributed by atoms with Crippen LogP contribution in [-0.2, 0) is 6.42 Å². The highest BCUT2D eigenvalue weighted by molar-refractivity contribution is 9.10. The second kappa shape index (κ2) is 5.23. The second-order valence-corrected chi connectivity index (χ2v) is 4.29. The van der Waals surface area contributed by atoms with Crippen molar-refractivity contribution < 1.29 is 0 Å². The zero-order valence-electron chi connectivity index (χ0n) is 9.74. The summed E-state index contributed by atoms with van der Waals surface area (Å²) in [6, 6.07) is 3.83. The van der Waals surface area contributed by atoms with Crippen molar-refractivity contribution in [1.82, 2.24) is 15.0 Å². The van der Waals surface area contributed by atoms with Gasteiger partial charge in [0.2, 0.25) is 0 Å². The minimum atomic E-state index is 0.697. The smallest absolute Gasteiger partial charge is 0.163 e. The molecule has 0 saturated heterocycles. The Balaban J connectivity index is 2.56. The number of aryl methyl sites for hydroxylation is 1. The standard InChI is InChI=1S/C12H13BrN4/c1-3-9-10(13)12(14-2)17-11(16-9)8-5-4-6-15-7-8/h4-7H,3H2,1-2H3,(H,14,16,17). The van der Waals surface area contributed by atoms with Gasteiger partial charge in [-0.2, -0.15) is 0 Å². The number of nitrogens with one attached hydrogen (secondary N) is 1. The lowest BCUT2D eigenvalue weighted by Crippen LogP contribution is -2.02. The average molecular weight is 293 g/mol. The Kier molecular flexibility index (Phi) is 3.68. The van der Waals surface area contributed by atoms with E-state index in [2.05, 4.69) is 43.1 Å². The summed E-state index contributed by atoms with van der Waals surface area (Å²) in [5.41, 5.74) is 1.91. The first-order valence-corrected chi connectivity index (χ1v) is 6.20. The first-order chi connectivity index (χ1) is 8.26. The van der Waals surface area contributed by atoms with Gasteiger partial charge in [-0.25, -0.2) is 9.97 Å². The van der Waals surface area contributed by atoms with E-state index in [4.69, 9.17) is 0 Å². The topological polar surface area (TPSA) is 50.7 Å². The van der Waals surface area contributed by atoms with Crippen LogP contribution in [0.5, 0.6) is 0 Å². The van der Waals surface area contributed by atoms with Crippen LogP contribution in [0.25, 0.3) is 11.4 Å². The van der Waals surface area contributed by atoms with Crippen molar-refractivity contribution in [3.8, 4) is 11.4 Å². The molecule has 5 heteroatoms. The maximum atomic E-state index is 4.53. The quantitative estimate of drug-likeness (QED) is 0.945. The predicted molar refractivity (Wildman–Crippen MR) is 71.9 cm³/mol. The lowest BCUT2D eigenvalue weighted by Gasteiger charge is -2.09. The normalized spacial score (nSPS) is 10.3. The minimum Gasteiger partial charge on any atom is -0.372 e. The molecule has 2 heterocycles. The van der Waals surface area contributed by atoms with Gasteiger partial charge in [-0.3, -0.25) is 4.98 Å². The van der Waals surface area contributed by atoms with Gasteiger partial charge in [0.05, 0.1) is 10.2 Å². The highest BCUT2D eigenvalue weighted by Crippen LogP contribution is 2.26. The van der Waals surface area contributed by atoms with Crippen LogP contribution in [0.15, 0.2) is 29.0 Å². The SMILES string of the molecule is CCc1nc(-c2cccnc2)nc(NC)c1Br. The van der Waals surface area contributed by atoms with Crippen LogP contribution in [-0.4, -0.2) is 22.0 Å². The van der Waals surface area contributed by atoms with E-state index in [0.29, 0.717) is 5.82 Å². The van der Waals surface area contributed by atoms with Crippen LogP contribution in [0.2, 0.25) is 0 Å². The molecule has 0 aromatic carbocycles. The van der Waals surface area contributed by atoms with Gasteiger partial charge in [0, 0.05) is 25.0 Å². The van der Waals surface area contributed by atoms with Gasteiger partial charge in [-0.15, -0.1) is 0 Å². The number of halogens is 1. The van der Waals surface area contributed by atoms with Crippen molar-refractivity contribution in [2.75, 3.05) is 12.4 Å². The van der Waals surface area contributed by atoms with Gasteiger partial charge in [0.25, 0.3) is 0 Å². The highest BCUT2D eigenvalue weighted by atomic mass is 79.9. The van der Waals surface area contributed by atoms with Gasteiger partial charge < -0.3 is 5.32 Å². The molecule has 2 aromatic heterocycles. The molecular weight excluding hydrogens is 280 g/mol. The molecule has 0 aliphatic heterocycles. The van der Waals surface area contributed by atoms with Crippen molar-refractivity contribution >= 4 is 21.7 Å². The zero-order chi connectivity index (χ0) is 12.3. The van der Waals surface area contributed by atoms with E-state index in [1.54, 1.807) is 12.4 Å². The third-order valence-corrected chi connectivity index (χ3v) is 3.24. The number of anilines is 1. The summed E-state index contributed by atoms with van der Waals surface area (Å²) in [6.45, 7) is 2.07. The van der Waals surface area contributed by atoms with Gasteiger partial charge in [-0.05, 0) is 34.5 Å². The Morgan fingerprint density at radius 2 is 2.18 bits per heavy atom. The van der Waals surface area contributed by atoms with Crippen LogP contribution in [0.4, 0.5) is 5.82 Å². The molecule has 0 fully saturated rings. The average Bonchev–Trinajstić information content (AvgIpc) is 2.40. The third-order valence-electron chi connectivity index (χ3n) is 2.41. The van der Waals surface area contributed by atoms with Crippen molar-refractivity contribution in [2.45, 2.75) is 13.3 Å².